The van der Waals surface area contributed by atoms with E-state index in [-0.39, 0.29) is 11.8 Å². The maximum absolute atomic E-state index is 13.0. The summed E-state index contributed by atoms with van der Waals surface area (Å²) in [4.78, 5) is 26.0. The van der Waals surface area contributed by atoms with E-state index in [0.29, 0.717) is 17.1 Å². The SMILES string of the molecule is COc1ccc([C@@H]2[C@H](NC(=O)c3cccc(C)c3)C(=O)N/[N+]2=C\c2cccc(OC)c2)cc1. The monoisotopic (exact) mass is 444 g/mol. The van der Waals surface area contributed by atoms with Crippen molar-refractivity contribution < 1.29 is 23.7 Å². The van der Waals surface area contributed by atoms with Crippen LogP contribution in [0.1, 0.15) is 33.1 Å². The summed E-state index contributed by atoms with van der Waals surface area (Å²) >= 11 is 0. The fourth-order valence-corrected chi connectivity index (χ4v) is 3.87. The Labute approximate surface area is 192 Å². The van der Waals surface area contributed by atoms with Crippen molar-refractivity contribution >= 4 is 18.0 Å². The lowest BCUT2D eigenvalue weighted by atomic mass is 9.99. The van der Waals surface area contributed by atoms with Crippen LogP contribution < -0.4 is 20.2 Å². The molecule has 1 aliphatic rings. The molecule has 3 aromatic rings. The number of hydrogen-bond donors (Lipinski definition) is 2. The van der Waals surface area contributed by atoms with Gasteiger partial charge in [0.1, 0.15) is 11.5 Å². The number of rotatable bonds is 6. The standard InChI is InChI=1S/C26H25N3O4/c1-17-6-4-8-20(14-17)25(30)27-23-24(19-10-12-21(32-2)13-11-19)29(28-26(23)31)16-18-7-5-9-22(15-18)33-3/h4-16,23-24H,1-3H3,(H-,27,28,30,31)/p+1/b29-16-/t23-,24+/m0/s1. The van der Waals surface area contributed by atoms with Crippen molar-refractivity contribution in [3.8, 4) is 11.5 Å². The molecule has 33 heavy (non-hydrogen) atoms. The molecule has 0 aromatic heterocycles. The molecule has 4 rings (SSSR count). The van der Waals surface area contributed by atoms with Crippen molar-refractivity contribution in [2.75, 3.05) is 14.2 Å². The summed E-state index contributed by atoms with van der Waals surface area (Å²) in [7, 11) is 3.21. The van der Waals surface area contributed by atoms with Gasteiger partial charge in [0.2, 0.25) is 12.3 Å². The Morgan fingerprint density at radius 3 is 2.39 bits per heavy atom. The van der Waals surface area contributed by atoms with Crippen LogP contribution in [0.2, 0.25) is 0 Å². The van der Waals surface area contributed by atoms with Gasteiger partial charge in [0, 0.05) is 16.7 Å². The summed E-state index contributed by atoms with van der Waals surface area (Å²) < 4.78 is 12.3. The van der Waals surface area contributed by atoms with Gasteiger partial charge in [-0.25, -0.2) is 0 Å². The average Bonchev–Trinajstić information content (AvgIpc) is 3.13. The first-order chi connectivity index (χ1) is 16.0. The normalized spacial score (nSPS) is 18.6. The van der Waals surface area contributed by atoms with Crippen molar-refractivity contribution in [1.29, 1.82) is 0 Å². The predicted octanol–water partition coefficient (Wildman–Crippen LogP) is 3.03. The van der Waals surface area contributed by atoms with Crippen LogP contribution in [0.5, 0.6) is 11.5 Å². The molecule has 3 aromatic carbocycles. The summed E-state index contributed by atoms with van der Waals surface area (Å²) in [6.45, 7) is 1.92. The maximum Gasteiger partial charge on any atom is 0.304 e. The highest BCUT2D eigenvalue weighted by Crippen LogP contribution is 2.27. The van der Waals surface area contributed by atoms with E-state index in [4.69, 9.17) is 9.47 Å². The van der Waals surface area contributed by atoms with E-state index in [1.54, 1.807) is 31.0 Å². The van der Waals surface area contributed by atoms with Gasteiger partial charge in [-0.15, -0.1) is 10.1 Å². The highest BCUT2D eigenvalue weighted by molar-refractivity contribution is 5.98. The summed E-state index contributed by atoms with van der Waals surface area (Å²) in [5.74, 6) is 0.816. The molecular formula is C26H26N3O4+. The first kappa shape index (κ1) is 22.1. The second kappa shape index (κ2) is 9.56. The molecule has 0 spiro atoms. The molecule has 1 aliphatic heterocycles. The minimum Gasteiger partial charge on any atom is -0.497 e. The minimum absolute atomic E-state index is 0.295. The predicted molar refractivity (Wildman–Crippen MR) is 125 cm³/mol. The second-order valence-corrected chi connectivity index (χ2v) is 7.83. The molecule has 1 fully saturated rings. The fraction of sp³-hybridized carbons (Fsp3) is 0.192. The first-order valence-electron chi connectivity index (χ1n) is 10.6. The van der Waals surface area contributed by atoms with Crippen LogP contribution in [0.3, 0.4) is 0 Å². The minimum atomic E-state index is -0.798. The summed E-state index contributed by atoms with van der Waals surface area (Å²) in [5, 5.41) is 2.92. The maximum atomic E-state index is 13.0. The molecule has 0 bridgehead atoms. The zero-order chi connectivity index (χ0) is 23.4. The van der Waals surface area contributed by atoms with Gasteiger partial charge in [0.25, 0.3) is 5.91 Å². The van der Waals surface area contributed by atoms with Gasteiger partial charge in [-0.3, -0.25) is 9.59 Å². The summed E-state index contributed by atoms with van der Waals surface area (Å²) in [6.07, 6.45) is 1.83. The molecule has 7 nitrogen and oxygen atoms in total. The Bertz CT molecular complexity index is 1200. The van der Waals surface area contributed by atoms with Crippen LogP contribution in [0, 0.1) is 6.92 Å². The van der Waals surface area contributed by atoms with Gasteiger partial charge in [-0.1, -0.05) is 23.8 Å². The van der Waals surface area contributed by atoms with E-state index < -0.39 is 12.1 Å². The van der Waals surface area contributed by atoms with Crippen LogP contribution in [0.4, 0.5) is 0 Å². The van der Waals surface area contributed by atoms with Gasteiger partial charge >= 0.3 is 5.91 Å². The number of methoxy groups -OCH3 is 2. The summed E-state index contributed by atoms with van der Waals surface area (Å²) in [6, 6.07) is 21.0. The highest BCUT2D eigenvalue weighted by Gasteiger charge is 2.47. The Morgan fingerprint density at radius 1 is 0.970 bits per heavy atom. The van der Waals surface area contributed by atoms with Gasteiger partial charge in [0.15, 0.2) is 6.04 Å². The number of nitrogens with zero attached hydrogens (tertiary/aromatic N) is 1. The lowest BCUT2D eigenvalue weighted by Gasteiger charge is -2.15. The van der Waals surface area contributed by atoms with Crippen LogP contribution in [0.25, 0.3) is 0 Å². The molecule has 7 heteroatoms. The van der Waals surface area contributed by atoms with E-state index in [1.165, 1.54) is 0 Å². The molecule has 168 valence electrons. The third kappa shape index (κ3) is 4.87. The topological polar surface area (TPSA) is 79.7 Å². The Hall–Kier alpha value is -4.13. The highest BCUT2D eigenvalue weighted by atomic mass is 16.5. The van der Waals surface area contributed by atoms with E-state index in [1.807, 2.05) is 73.8 Å². The zero-order valence-corrected chi connectivity index (χ0v) is 18.7. The number of carbonyl (C=O) groups is 2. The molecule has 0 aliphatic carbocycles. The van der Waals surface area contributed by atoms with Gasteiger partial charge in [-0.2, -0.15) is 0 Å². The van der Waals surface area contributed by atoms with Crippen LogP contribution >= 0.6 is 0 Å². The number of amides is 2. The Balaban J connectivity index is 1.71. The van der Waals surface area contributed by atoms with Crippen molar-refractivity contribution in [3.63, 3.8) is 0 Å². The smallest absolute Gasteiger partial charge is 0.304 e. The lowest BCUT2D eigenvalue weighted by Crippen LogP contribution is -2.42. The first-order valence-corrected chi connectivity index (χ1v) is 10.6. The number of aryl methyl sites for hydroxylation is 1. The molecule has 2 atom stereocenters. The third-order valence-corrected chi connectivity index (χ3v) is 5.54. The molecule has 0 saturated carbocycles. The number of ether oxygens (including phenoxy) is 2. The third-order valence-electron chi connectivity index (χ3n) is 5.54. The van der Waals surface area contributed by atoms with E-state index in [9.17, 15) is 9.59 Å². The molecule has 1 heterocycles. The molecule has 1 saturated heterocycles. The quantitative estimate of drug-likeness (QED) is 0.573. The van der Waals surface area contributed by atoms with E-state index in [2.05, 4.69) is 10.7 Å². The lowest BCUT2D eigenvalue weighted by molar-refractivity contribution is -0.596. The number of hydrazone groups is 1. The van der Waals surface area contributed by atoms with Gasteiger partial charge in [0.05, 0.1) is 14.2 Å². The summed E-state index contributed by atoms with van der Waals surface area (Å²) in [5.41, 5.74) is 6.06. The largest absolute Gasteiger partial charge is 0.497 e. The van der Waals surface area contributed by atoms with E-state index >= 15 is 0 Å². The van der Waals surface area contributed by atoms with Crippen LogP contribution in [-0.2, 0) is 4.79 Å². The van der Waals surface area contributed by atoms with Crippen molar-refractivity contribution in [1.82, 2.24) is 10.7 Å². The van der Waals surface area contributed by atoms with E-state index in [0.717, 1.165) is 16.7 Å². The number of hydrogen-bond acceptors (Lipinski definition) is 4. The molecule has 2 amide bonds. The number of nitrogens with one attached hydrogen (secondary N) is 2. The Kier molecular flexibility index (Phi) is 6.40. The van der Waals surface area contributed by atoms with Gasteiger partial charge in [-0.05, 0) is 61.5 Å². The molecule has 0 radical (unpaired) electrons. The fourth-order valence-electron chi connectivity index (χ4n) is 3.87. The van der Waals surface area contributed by atoms with Gasteiger partial charge < -0.3 is 14.8 Å². The Morgan fingerprint density at radius 2 is 1.70 bits per heavy atom. The van der Waals surface area contributed by atoms with Crippen LogP contribution in [-0.4, -0.2) is 43.0 Å². The van der Waals surface area contributed by atoms with Crippen molar-refractivity contribution in [2.45, 2.75) is 19.0 Å². The number of carbonyl (C=O) groups excluding carboxylic acids is 2. The zero-order valence-electron chi connectivity index (χ0n) is 18.7. The molecular weight excluding hydrogens is 418 g/mol. The van der Waals surface area contributed by atoms with Crippen molar-refractivity contribution in [2.24, 2.45) is 0 Å². The molecule has 0 unspecified atom stereocenters. The second-order valence-electron chi connectivity index (χ2n) is 7.83. The number of benzene rings is 3. The average molecular weight is 445 g/mol. The van der Waals surface area contributed by atoms with Crippen molar-refractivity contribution in [3.05, 3.63) is 95.1 Å². The van der Waals surface area contributed by atoms with Crippen LogP contribution in [0.15, 0.2) is 72.8 Å². The number of hydrazine groups is 1. The molecule has 2 N–H and O–H groups in total.